The lowest BCUT2D eigenvalue weighted by molar-refractivity contribution is 0.0734. The van der Waals surface area contributed by atoms with E-state index in [9.17, 15) is 9.59 Å². The number of Topliss-reactive ketones (excluding diaryl/α,β-unsaturated/α-hetero) is 1. The minimum Gasteiger partial charge on any atom is -0.496 e. The van der Waals surface area contributed by atoms with Crippen LogP contribution in [0.25, 0.3) is 6.08 Å². The Morgan fingerprint density at radius 3 is 2.21 bits per heavy atom. The Bertz CT molecular complexity index is 1310. The van der Waals surface area contributed by atoms with Gasteiger partial charge in [0.15, 0.2) is 17.3 Å². The lowest BCUT2D eigenvalue weighted by Crippen LogP contribution is -2.08. The number of fused-ring (bicyclic) bond motifs is 1. The third kappa shape index (κ3) is 4.43. The second-order valence-corrected chi connectivity index (χ2v) is 7.84. The van der Waals surface area contributed by atoms with Crippen LogP contribution in [0.2, 0.25) is 5.02 Å². The molecular weight excluding hydrogens is 460 g/mol. The number of allylic oxidation sites excluding steroid dienone is 1. The van der Waals surface area contributed by atoms with E-state index in [0.717, 1.165) is 0 Å². The largest absolute Gasteiger partial charge is 0.496 e. The third-order valence-corrected chi connectivity index (χ3v) is 5.51. The van der Waals surface area contributed by atoms with Gasteiger partial charge in [-0.3, -0.25) is 4.79 Å². The van der Waals surface area contributed by atoms with Crippen LogP contribution in [0.15, 0.2) is 54.3 Å². The molecule has 4 rings (SSSR count). The summed E-state index contributed by atoms with van der Waals surface area (Å²) < 4.78 is 27.4. The van der Waals surface area contributed by atoms with Crippen LogP contribution in [0.3, 0.4) is 0 Å². The molecule has 0 N–H and O–H groups in total. The van der Waals surface area contributed by atoms with Gasteiger partial charge in [-0.1, -0.05) is 11.6 Å². The van der Waals surface area contributed by atoms with Crippen LogP contribution in [-0.4, -0.2) is 33.1 Å². The second-order valence-electron chi connectivity index (χ2n) is 7.40. The molecule has 0 fully saturated rings. The zero-order valence-electron chi connectivity index (χ0n) is 18.9. The highest BCUT2D eigenvalue weighted by Gasteiger charge is 2.31. The molecule has 0 saturated carbocycles. The highest BCUT2D eigenvalue weighted by atomic mass is 35.5. The van der Waals surface area contributed by atoms with Crippen molar-refractivity contribution in [1.82, 2.24) is 0 Å². The lowest BCUT2D eigenvalue weighted by atomic mass is 10.0. The minimum absolute atomic E-state index is 0.102. The monoisotopic (exact) mass is 480 g/mol. The second kappa shape index (κ2) is 9.49. The molecule has 0 bridgehead atoms. The van der Waals surface area contributed by atoms with E-state index in [0.29, 0.717) is 50.3 Å². The van der Waals surface area contributed by atoms with Crippen molar-refractivity contribution in [3.8, 4) is 28.7 Å². The summed E-state index contributed by atoms with van der Waals surface area (Å²) in [5, 5.41) is 0.516. The molecule has 1 aliphatic rings. The summed E-state index contributed by atoms with van der Waals surface area (Å²) >= 11 is 5.87. The van der Waals surface area contributed by atoms with Crippen molar-refractivity contribution in [2.24, 2.45) is 0 Å². The highest BCUT2D eigenvalue weighted by Crippen LogP contribution is 2.40. The Kier molecular flexibility index (Phi) is 6.47. The van der Waals surface area contributed by atoms with Crippen molar-refractivity contribution < 1.29 is 33.3 Å². The number of halogens is 1. The maximum atomic E-state index is 13.1. The van der Waals surface area contributed by atoms with Crippen LogP contribution in [0, 0.1) is 6.92 Å². The maximum absolute atomic E-state index is 13.1. The fourth-order valence-electron chi connectivity index (χ4n) is 3.60. The van der Waals surface area contributed by atoms with Crippen LogP contribution >= 0.6 is 11.6 Å². The topological polar surface area (TPSA) is 80.3 Å². The van der Waals surface area contributed by atoms with Crippen LogP contribution in [0.5, 0.6) is 28.7 Å². The van der Waals surface area contributed by atoms with E-state index in [1.165, 1.54) is 27.4 Å². The number of benzene rings is 3. The smallest absolute Gasteiger partial charge is 0.343 e. The number of methoxy groups -OCH3 is 3. The van der Waals surface area contributed by atoms with Gasteiger partial charge in [0.05, 0.1) is 32.5 Å². The number of ketones is 1. The average molecular weight is 481 g/mol. The van der Waals surface area contributed by atoms with Gasteiger partial charge in [-0.15, -0.1) is 0 Å². The summed E-state index contributed by atoms with van der Waals surface area (Å²) in [5.41, 5.74) is 1.94. The number of hydrogen-bond donors (Lipinski definition) is 0. The average Bonchev–Trinajstić information content (AvgIpc) is 3.14. The van der Waals surface area contributed by atoms with Crippen molar-refractivity contribution >= 4 is 29.4 Å². The highest BCUT2D eigenvalue weighted by molar-refractivity contribution is 6.30. The Morgan fingerprint density at radius 2 is 1.56 bits per heavy atom. The van der Waals surface area contributed by atoms with Crippen molar-refractivity contribution in [2.75, 3.05) is 21.3 Å². The first-order valence-corrected chi connectivity index (χ1v) is 10.6. The maximum Gasteiger partial charge on any atom is 0.343 e. The predicted octanol–water partition coefficient (Wildman–Crippen LogP) is 5.51. The van der Waals surface area contributed by atoms with Gasteiger partial charge < -0.3 is 23.7 Å². The van der Waals surface area contributed by atoms with Gasteiger partial charge in [0.1, 0.15) is 17.2 Å². The minimum atomic E-state index is -0.550. The number of hydrogen-bond acceptors (Lipinski definition) is 7. The van der Waals surface area contributed by atoms with E-state index in [1.54, 1.807) is 55.5 Å². The van der Waals surface area contributed by atoms with Gasteiger partial charge in [0.25, 0.3) is 0 Å². The van der Waals surface area contributed by atoms with Gasteiger partial charge in [0, 0.05) is 22.7 Å². The Labute approximate surface area is 201 Å². The zero-order valence-corrected chi connectivity index (χ0v) is 19.7. The molecule has 0 aromatic heterocycles. The lowest BCUT2D eigenvalue weighted by Gasteiger charge is -2.12. The van der Waals surface area contributed by atoms with Gasteiger partial charge in [-0.05, 0) is 55.0 Å². The Balaban J connectivity index is 1.64. The van der Waals surface area contributed by atoms with Crippen molar-refractivity contribution in [3.05, 3.63) is 81.6 Å². The van der Waals surface area contributed by atoms with E-state index in [-0.39, 0.29) is 17.3 Å². The van der Waals surface area contributed by atoms with E-state index >= 15 is 0 Å². The van der Waals surface area contributed by atoms with E-state index in [1.807, 2.05) is 0 Å². The van der Waals surface area contributed by atoms with Gasteiger partial charge >= 0.3 is 5.97 Å². The van der Waals surface area contributed by atoms with Crippen LogP contribution < -0.4 is 23.7 Å². The number of rotatable bonds is 6. The summed E-state index contributed by atoms with van der Waals surface area (Å²) in [6.45, 7) is 1.75. The predicted molar refractivity (Wildman–Crippen MR) is 127 cm³/mol. The number of aryl methyl sites for hydroxylation is 1. The van der Waals surface area contributed by atoms with E-state index in [2.05, 4.69) is 0 Å². The van der Waals surface area contributed by atoms with E-state index < -0.39 is 5.97 Å². The van der Waals surface area contributed by atoms with E-state index in [4.69, 9.17) is 35.3 Å². The van der Waals surface area contributed by atoms with Crippen molar-refractivity contribution in [1.29, 1.82) is 0 Å². The molecule has 0 amide bonds. The zero-order chi connectivity index (χ0) is 24.4. The van der Waals surface area contributed by atoms with Crippen molar-refractivity contribution in [3.63, 3.8) is 0 Å². The standard InChI is InChI=1S/C26H21ClO7/c1-14-9-18(33-26(29)15-5-7-17(27)8-6-15)12-22-24(14)25(28)23(34-22)11-16-10-20(31-3)21(32-4)13-19(16)30-2/h5-13H,1-4H3/b23-11-. The molecule has 0 spiro atoms. The third-order valence-electron chi connectivity index (χ3n) is 5.26. The summed E-state index contributed by atoms with van der Waals surface area (Å²) in [5.74, 6) is 1.27. The molecule has 34 heavy (non-hydrogen) atoms. The molecular formula is C26H21ClO7. The number of carbonyl (C=O) groups is 2. The Morgan fingerprint density at radius 1 is 0.912 bits per heavy atom. The van der Waals surface area contributed by atoms with Crippen molar-refractivity contribution in [2.45, 2.75) is 6.92 Å². The number of ether oxygens (including phenoxy) is 5. The summed E-state index contributed by atoms with van der Waals surface area (Å²) in [7, 11) is 4.56. The molecule has 3 aromatic rings. The molecule has 1 heterocycles. The molecule has 8 heteroatoms. The number of carbonyl (C=O) groups excluding carboxylic acids is 2. The summed E-state index contributed by atoms with van der Waals surface area (Å²) in [6.07, 6.45) is 1.57. The molecule has 0 atom stereocenters. The molecule has 0 saturated heterocycles. The van der Waals surface area contributed by atoms with Gasteiger partial charge in [0.2, 0.25) is 5.78 Å². The molecule has 3 aromatic carbocycles. The quantitative estimate of drug-likeness (QED) is 0.261. The van der Waals surface area contributed by atoms with Gasteiger partial charge in [-0.2, -0.15) is 0 Å². The Hall–Kier alpha value is -3.97. The van der Waals surface area contributed by atoms with Crippen LogP contribution in [-0.2, 0) is 0 Å². The molecule has 1 aliphatic heterocycles. The first-order chi connectivity index (χ1) is 16.3. The first-order valence-electron chi connectivity index (χ1n) is 10.2. The molecule has 0 aliphatic carbocycles. The van der Waals surface area contributed by atoms with Gasteiger partial charge in [-0.25, -0.2) is 4.79 Å². The fourth-order valence-corrected chi connectivity index (χ4v) is 3.72. The first kappa shape index (κ1) is 23.2. The fraction of sp³-hybridized carbons (Fsp3) is 0.154. The molecule has 174 valence electrons. The summed E-state index contributed by atoms with van der Waals surface area (Å²) in [4.78, 5) is 25.5. The normalized spacial score (nSPS) is 13.3. The summed E-state index contributed by atoms with van der Waals surface area (Å²) in [6, 6.07) is 12.8. The number of esters is 1. The van der Waals surface area contributed by atoms with Crippen LogP contribution in [0.1, 0.15) is 31.8 Å². The molecule has 7 nitrogen and oxygen atoms in total. The van der Waals surface area contributed by atoms with Crippen LogP contribution in [0.4, 0.5) is 0 Å². The SMILES string of the molecule is COc1cc(OC)c(OC)cc1/C=C1\Oc2cc(OC(=O)c3ccc(Cl)cc3)cc(C)c2C1=O. The molecule has 0 radical (unpaired) electrons. The molecule has 0 unspecified atom stereocenters.